The van der Waals surface area contributed by atoms with Gasteiger partial charge in [0, 0.05) is 0 Å². The summed E-state index contributed by atoms with van der Waals surface area (Å²) in [6.07, 6.45) is 3.84. The number of thiocarbonyl (C=S) groups is 1. The van der Waals surface area contributed by atoms with E-state index in [1.165, 1.54) is 5.56 Å². The maximum atomic E-state index is 12.3. The van der Waals surface area contributed by atoms with Gasteiger partial charge in [0.1, 0.15) is 6.04 Å². The van der Waals surface area contributed by atoms with Crippen LogP contribution in [0.3, 0.4) is 0 Å². The SMILES string of the molecule is CCc1ccc(N2C(=O)[C@@H](CCSC)NC2=S)cc1. The molecule has 0 spiro atoms. The molecule has 1 atom stereocenters. The summed E-state index contributed by atoms with van der Waals surface area (Å²) in [6, 6.07) is 7.83. The largest absolute Gasteiger partial charge is 0.350 e. The van der Waals surface area contributed by atoms with Crippen molar-refractivity contribution in [1.82, 2.24) is 5.32 Å². The third-order valence-corrected chi connectivity index (χ3v) is 4.18. The zero-order valence-electron chi connectivity index (χ0n) is 11.2. The molecule has 0 bridgehead atoms. The van der Waals surface area contributed by atoms with E-state index < -0.39 is 0 Å². The summed E-state index contributed by atoms with van der Waals surface area (Å²) in [4.78, 5) is 14.0. The summed E-state index contributed by atoms with van der Waals surface area (Å²) in [5, 5.41) is 3.62. The van der Waals surface area contributed by atoms with Crippen LogP contribution in [0.2, 0.25) is 0 Å². The van der Waals surface area contributed by atoms with E-state index in [4.69, 9.17) is 12.2 Å². The number of hydrogen-bond donors (Lipinski definition) is 1. The minimum Gasteiger partial charge on any atom is -0.350 e. The molecule has 1 amide bonds. The van der Waals surface area contributed by atoms with E-state index in [1.807, 2.05) is 30.5 Å². The molecule has 1 heterocycles. The Bertz CT molecular complexity index is 473. The van der Waals surface area contributed by atoms with Crippen molar-refractivity contribution in [2.75, 3.05) is 16.9 Å². The van der Waals surface area contributed by atoms with Crippen LogP contribution in [0.5, 0.6) is 0 Å². The quantitative estimate of drug-likeness (QED) is 0.846. The molecule has 5 heteroatoms. The van der Waals surface area contributed by atoms with Crippen molar-refractivity contribution in [2.45, 2.75) is 25.8 Å². The molecular formula is C14H18N2OS2. The molecule has 102 valence electrons. The second-order valence-corrected chi connectivity index (χ2v) is 5.85. The first-order valence-electron chi connectivity index (χ1n) is 6.39. The van der Waals surface area contributed by atoms with Crippen LogP contribution >= 0.6 is 24.0 Å². The summed E-state index contributed by atoms with van der Waals surface area (Å²) in [5.41, 5.74) is 2.11. The number of thioether (sulfide) groups is 1. The number of benzene rings is 1. The van der Waals surface area contributed by atoms with Gasteiger partial charge in [0.25, 0.3) is 5.91 Å². The average Bonchev–Trinajstić information content (AvgIpc) is 2.71. The molecule has 19 heavy (non-hydrogen) atoms. The average molecular weight is 294 g/mol. The molecule has 1 fully saturated rings. The van der Waals surface area contributed by atoms with Crippen LogP contribution in [0.4, 0.5) is 5.69 Å². The minimum absolute atomic E-state index is 0.0586. The molecule has 0 unspecified atom stereocenters. The molecule has 3 nitrogen and oxygen atoms in total. The number of carbonyl (C=O) groups is 1. The lowest BCUT2D eigenvalue weighted by Gasteiger charge is -2.15. The molecule has 0 aliphatic carbocycles. The Kier molecular flexibility index (Phi) is 4.82. The molecule has 2 rings (SSSR count). The topological polar surface area (TPSA) is 32.3 Å². The Hall–Kier alpha value is -1.07. The predicted octanol–water partition coefficient (Wildman–Crippen LogP) is 2.59. The first kappa shape index (κ1) is 14.3. The lowest BCUT2D eigenvalue weighted by molar-refractivity contribution is -0.118. The first-order valence-corrected chi connectivity index (χ1v) is 8.20. The van der Waals surface area contributed by atoms with Gasteiger partial charge in [-0.1, -0.05) is 19.1 Å². The smallest absolute Gasteiger partial charge is 0.255 e. The van der Waals surface area contributed by atoms with Crippen molar-refractivity contribution in [3.63, 3.8) is 0 Å². The van der Waals surface area contributed by atoms with Gasteiger partial charge in [-0.3, -0.25) is 9.69 Å². The number of hydrogen-bond acceptors (Lipinski definition) is 3. The molecule has 1 N–H and O–H groups in total. The van der Waals surface area contributed by atoms with E-state index in [9.17, 15) is 4.79 Å². The monoisotopic (exact) mass is 294 g/mol. The van der Waals surface area contributed by atoms with Crippen LogP contribution in [0, 0.1) is 0 Å². The van der Waals surface area contributed by atoms with Gasteiger partial charge >= 0.3 is 0 Å². The van der Waals surface area contributed by atoms with Gasteiger partial charge in [-0.2, -0.15) is 11.8 Å². The number of anilines is 1. The van der Waals surface area contributed by atoms with Crippen molar-refractivity contribution >= 4 is 40.7 Å². The third-order valence-electron chi connectivity index (χ3n) is 3.23. The highest BCUT2D eigenvalue weighted by Crippen LogP contribution is 2.22. The lowest BCUT2D eigenvalue weighted by atomic mass is 10.1. The second-order valence-electron chi connectivity index (χ2n) is 4.48. The molecular weight excluding hydrogens is 276 g/mol. The van der Waals surface area contributed by atoms with Gasteiger partial charge < -0.3 is 5.32 Å². The summed E-state index contributed by atoms with van der Waals surface area (Å²) < 4.78 is 0. The highest BCUT2D eigenvalue weighted by atomic mass is 32.2. The molecule has 0 radical (unpaired) electrons. The van der Waals surface area contributed by atoms with E-state index in [0.717, 1.165) is 24.3 Å². The Balaban J connectivity index is 2.14. The van der Waals surface area contributed by atoms with Crippen LogP contribution in [-0.4, -0.2) is 29.1 Å². The van der Waals surface area contributed by atoms with Gasteiger partial charge in [-0.25, -0.2) is 0 Å². The van der Waals surface area contributed by atoms with Gasteiger partial charge in [0.05, 0.1) is 5.69 Å². The fourth-order valence-electron chi connectivity index (χ4n) is 2.09. The van der Waals surface area contributed by atoms with E-state index in [-0.39, 0.29) is 11.9 Å². The highest BCUT2D eigenvalue weighted by Gasteiger charge is 2.35. The van der Waals surface area contributed by atoms with Crippen molar-refractivity contribution in [2.24, 2.45) is 0 Å². The summed E-state index contributed by atoms with van der Waals surface area (Å²) in [7, 11) is 0. The van der Waals surface area contributed by atoms with Crippen LogP contribution in [0.15, 0.2) is 24.3 Å². The van der Waals surface area contributed by atoms with Crippen LogP contribution in [0.1, 0.15) is 18.9 Å². The van der Waals surface area contributed by atoms with Gasteiger partial charge in [0.2, 0.25) is 0 Å². The molecule has 1 aromatic carbocycles. The molecule has 1 saturated heterocycles. The van der Waals surface area contributed by atoms with Crippen LogP contribution < -0.4 is 10.2 Å². The number of amides is 1. The Morgan fingerprint density at radius 1 is 1.37 bits per heavy atom. The molecule has 1 aliphatic heterocycles. The molecule has 1 aromatic rings. The zero-order valence-corrected chi connectivity index (χ0v) is 12.8. The number of rotatable bonds is 5. The maximum absolute atomic E-state index is 12.3. The van der Waals surface area contributed by atoms with Crippen molar-refractivity contribution in [3.8, 4) is 0 Å². The van der Waals surface area contributed by atoms with Crippen LogP contribution in [-0.2, 0) is 11.2 Å². The minimum atomic E-state index is -0.175. The lowest BCUT2D eigenvalue weighted by Crippen LogP contribution is -2.31. The van der Waals surface area contributed by atoms with E-state index >= 15 is 0 Å². The van der Waals surface area contributed by atoms with E-state index in [2.05, 4.69) is 12.2 Å². The molecule has 0 saturated carbocycles. The normalized spacial score (nSPS) is 18.8. The fraction of sp³-hybridized carbons (Fsp3) is 0.429. The maximum Gasteiger partial charge on any atom is 0.255 e. The third kappa shape index (κ3) is 3.09. The van der Waals surface area contributed by atoms with Gasteiger partial charge in [-0.15, -0.1) is 0 Å². The summed E-state index contributed by atoms with van der Waals surface area (Å²) >= 11 is 7.02. The van der Waals surface area contributed by atoms with E-state index in [1.54, 1.807) is 16.7 Å². The Morgan fingerprint density at radius 3 is 2.63 bits per heavy atom. The number of nitrogens with zero attached hydrogens (tertiary/aromatic N) is 1. The van der Waals surface area contributed by atoms with Gasteiger partial charge in [-0.05, 0) is 54.8 Å². The number of nitrogens with one attached hydrogen (secondary N) is 1. The predicted molar refractivity (Wildman–Crippen MR) is 85.8 cm³/mol. The first-order chi connectivity index (χ1) is 9.17. The molecule has 0 aromatic heterocycles. The van der Waals surface area contributed by atoms with Crippen molar-refractivity contribution < 1.29 is 4.79 Å². The summed E-state index contributed by atoms with van der Waals surface area (Å²) in [5.74, 6) is 1.01. The number of carbonyl (C=O) groups excluding carboxylic acids is 1. The van der Waals surface area contributed by atoms with E-state index in [0.29, 0.717) is 5.11 Å². The second kappa shape index (κ2) is 6.39. The standard InChI is InChI=1S/C14H18N2OS2/c1-3-10-4-6-11(7-5-10)16-13(17)12(8-9-19-2)15-14(16)18/h4-7,12H,3,8-9H2,1-2H3,(H,15,18)/t12-/m1/s1. The Morgan fingerprint density at radius 2 is 2.05 bits per heavy atom. The fourth-order valence-corrected chi connectivity index (χ4v) is 2.90. The highest BCUT2D eigenvalue weighted by molar-refractivity contribution is 7.98. The van der Waals surface area contributed by atoms with Gasteiger partial charge in [0.15, 0.2) is 5.11 Å². The van der Waals surface area contributed by atoms with Crippen LogP contribution in [0.25, 0.3) is 0 Å². The Labute approximate surface area is 123 Å². The number of aryl methyl sites for hydroxylation is 1. The summed E-state index contributed by atoms with van der Waals surface area (Å²) in [6.45, 7) is 2.11. The van der Waals surface area contributed by atoms with Crippen molar-refractivity contribution in [3.05, 3.63) is 29.8 Å². The zero-order chi connectivity index (χ0) is 13.8. The molecule has 1 aliphatic rings. The van der Waals surface area contributed by atoms with Crippen molar-refractivity contribution in [1.29, 1.82) is 0 Å².